The van der Waals surface area contributed by atoms with Crippen LogP contribution in [0.1, 0.15) is 5.69 Å². The van der Waals surface area contributed by atoms with Gasteiger partial charge in [-0.3, -0.25) is 4.98 Å². The van der Waals surface area contributed by atoms with E-state index in [2.05, 4.69) is 9.72 Å². The van der Waals surface area contributed by atoms with Crippen LogP contribution in [0.3, 0.4) is 0 Å². The van der Waals surface area contributed by atoms with Gasteiger partial charge in [0.15, 0.2) is 6.61 Å². The number of aromatic nitrogens is 1. The van der Waals surface area contributed by atoms with Crippen molar-refractivity contribution < 1.29 is 17.9 Å². The summed E-state index contributed by atoms with van der Waals surface area (Å²) in [4.78, 5) is 4.23. The van der Waals surface area contributed by atoms with Gasteiger partial charge in [0.25, 0.3) is 0 Å². The summed E-state index contributed by atoms with van der Waals surface area (Å²) in [5, 5.41) is 0.584. The first kappa shape index (κ1) is 12.5. The smallest absolute Gasteiger partial charge is 0.422 e. The Labute approximate surface area is 101 Å². The predicted molar refractivity (Wildman–Crippen MR) is 62.4 cm³/mol. The van der Waals surface area contributed by atoms with E-state index in [1.54, 1.807) is 19.1 Å². The van der Waals surface area contributed by atoms with Crippen molar-refractivity contribution in [2.75, 3.05) is 12.3 Å². The van der Waals surface area contributed by atoms with E-state index in [1.807, 2.05) is 0 Å². The summed E-state index contributed by atoms with van der Waals surface area (Å²) in [7, 11) is 0. The average Bonchev–Trinajstić information content (AvgIpc) is 2.25. The lowest BCUT2D eigenvalue weighted by Crippen LogP contribution is -2.19. The summed E-state index contributed by atoms with van der Waals surface area (Å²) in [5.74, 6) is 0.122. The molecule has 0 aliphatic rings. The lowest BCUT2D eigenvalue weighted by atomic mass is 10.1. The minimum absolute atomic E-state index is 0.122. The lowest BCUT2D eigenvalue weighted by molar-refractivity contribution is -0.153. The number of nitrogens with two attached hydrogens (primary N) is 1. The molecule has 0 saturated carbocycles. The fourth-order valence-electron chi connectivity index (χ4n) is 1.62. The number of anilines is 1. The zero-order valence-electron chi connectivity index (χ0n) is 9.58. The number of hydrogen-bond donors (Lipinski definition) is 1. The summed E-state index contributed by atoms with van der Waals surface area (Å²) in [6.07, 6.45) is -4.36. The molecule has 1 aromatic heterocycles. The minimum atomic E-state index is -4.36. The SMILES string of the molecule is Cc1cc(N)c2cc(OCC(F)(F)F)ccc2n1. The highest BCUT2D eigenvalue weighted by Crippen LogP contribution is 2.26. The van der Waals surface area contributed by atoms with Crippen LogP contribution in [0.4, 0.5) is 18.9 Å². The van der Waals surface area contributed by atoms with Crippen molar-refractivity contribution in [2.24, 2.45) is 0 Å². The molecule has 18 heavy (non-hydrogen) atoms. The maximum atomic E-state index is 12.0. The van der Waals surface area contributed by atoms with Crippen LogP contribution in [0, 0.1) is 6.92 Å². The number of hydrogen-bond acceptors (Lipinski definition) is 3. The summed E-state index contributed by atoms with van der Waals surface area (Å²) in [6.45, 7) is 0.474. The maximum Gasteiger partial charge on any atom is 0.422 e. The van der Waals surface area contributed by atoms with Crippen LogP contribution in [0.25, 0.3) is 10.9 Å². The second-order valence-corrected chi connectivity index (χ2v) is 3.94. The molecule has 2 N–H and O–H groups in total. The quantitative estimate of drug-likeness (QED) is 0.898. The van der Waals surface area contributed by atoms with Crippen molar-refractivity contribution in [3.8, 4) is 5.75 Å². The molecular formula is C12H11F3N2O. The van der Waals surface area contributed by atoms with Gasteiger partial charge >= 0.3 is 6.18 Å². The van der Waals surface area contributed by atoms with Gasteiger partial charge in [0.2, 0.25) is 0 Å². The van der Waals surface area contributed by atoms with E-state index >= 15 is 0 Å². The molecule has 0 spiro atoms. The third-order valence-electron chi connectivity index (χ3n) is 2.34. The highest BCUT2D eigenvalue weighted by Gasteiger charge is 2.28. The Morgan fingerprint density at radius 2 is 2.00 bits per heavy atom. The van der Waals surface area contributed by atoms with Crippen molar-refractivity contribution >= 4 is 16.6 Å². The van der Waals surface area contributed by atoms with Crippen LogP contribution in [0.15, 0.2) is 24.3 Å². The van der Waals surface area contributed by atoms with E-state index in [1.165, 1.54) is 12.1 Å². The highest BCUT2D eigenvalue weighted by molar-refractivity contribution is 5.91. The van der Waals surface area contributed by atoms with Crippen molar-refractivity contribution in [2.45, 2.75) is 13.1 Å². The fourth-order valence-corrected chi connectivity index (χ4v) is 1.62. The molecule has 3 nitrogen and oxygen atoms in total. The Bertz CT molecular complexity index is 581. The van der Waals surface area contributed by atoms with Crippen molar-refractivity contribution in [3.05, 3.63) is 30.0 Å². The van der Waals surface area contributed by atoms with Crippen LogP contribution in [-0.2, 0) is 0 Å². The van der Waals surface area contributed by atoms with E-state index in [0.29, 0.717) is 16.6 Å². The second-order valence-electron chi connectivity index (χ2n) is 3.94. The molecule has 1 aromatic carbocycles. The standard InChI is InChI=1S/C12H11F3N2O/c1-7-4-10(16)9-5-8(2-3-11(9)17-7)18-6-12(13,14)15/h2-5H,6H2,1H3,(H2,16,17). The Balaban J connectivity index is 2.33. The van der Waals surface area contributed by atoms with Crippen molar-refractivity contribution in [1.29, 1.82) is 0 Å². The van der Waals surface area contributed by atoms with Crippen LogP contribution in [-0.4, -0.2) is 17.8 Å². The number of benzene rings is 1. The first-order chi connectivity index (χ1) is 8.35. The van der Waals surface area contributed by atoms with Crippen LogP contribution >= 0.6 is 0 Å². The number of halogens is 3. The molecule has 0 fully saturated rings. The molecule has 0 aliphatic carbocycles. The van der Waals surface area contributed by atoms with Crippen molar-refractivity contribution in [1.82, 2.24) is 4.98 Å². The molecule has 0 amide bonds. The van der Waals surface area contributed by atoms with Crippen molar-refractivity contribution in [3.63, 3.8) is 0 Å². The first-order valence-corrected chi connectivity index (χ1v) is 5.21. The van der Waals surface area contributed by atoms with Crippen LogP contribution < -0.4 is 10.5 Å². The minimum Gasteiger partial charge on any atom is -0.484 e. The molecule has 2 aromatic rings. The molecule has 0 atom stereocenters. The monoisotopic (exact) mass is 256 g/mol. The summed E-state index contributed by atoms with van der Waals surface area (Å²) >= 11 is 0. The van der Waals surface area contributed by atoms with E-state index in [0.717, 1.165) is 5.69 Å². The molecule has 2 rings (SSSR count). The van der Waals surface area contributed by atoms with Crippen LogP contribution in [0.2, 0.25) is 0 Å². The summed E-state index contributed by atoms with van der Waals surface area (Å²) < 4.78 is 40.7. The maximum absolute atomic E-state index is 12.0. The normalized spacial score (nSPS) is 11.8. The van der Waals surface area contributed by atoms with E-state index in [-0.39, 0.29) is 5.75 Å². The number of alkyl halides is 3. The summed E-state index contributed by atoms with van der Waals surface area (Å²) in [5.41, 5.74) is 7.64. The largest absolute Gasteiger partial charge is 0.484 e. The molecular weight excluding hydrogens is 245 g/mol. The molecule has 0 bridgehead atoms. The lowest BCUT2D eigenvalue weighted by Gasteiger charge is -2.10. The number of aryl methyl sites for hydroxylation is 1. The van der Waals surface area contributed by atoms with Gasteiger partial charge < -0.3 is 10.5 Å². The Morgan fingerprint density at radius 3 is 2.67 bits per heavy atom. The molecule has 1 heterocycles. The van der Waals surface area contributed by atoms with Gasteiger partial charge in [-0.05, 0) is 31.2 Å². The topological polar surface area (TPSA) is 48.1 Å². The predicted octanol–water partition coefficient (Wildman–Crippen LogP) is 3.07. The molecule has 6 heteroatoms. The zero-order chi connectivity index (χ0) is 13.3. The van der Waals surface area contributed by atoms with Gasteiger partial charge in [-0.2, -0.15) is 13.2 Å². The average molecular weight is 256 g/mol. The Morgan fingerprint density at radius 1 is 1.28 bits per heavy atom. The first-order valence-electron chi connectivity index (χ1n) is 5.21. The zero-order valence-corrected chi connectivity index (χ0v) is 9.58. The molecule has 96 valence electrons. The number of pyridine rings is 1. The molecule has 0 aliphatic heterocycles. The number of rotatable bonds is 2. The van der Waals surface area contributed by atoms with E-state index in [9.17, 15) is 13.2 Å². The van der Waals surface area contributed by atoms with Gasteiger partial charge in [0, 0.05) is 16.8 Å². The fraction of sp³-hybridized carbons (Fsp3) is 0.250. The number of nitrogens with zero attached hydrogens (tertiary/aromatic N) is 1. The summed E-state index contributed by atoms with van der Waals surface area (Å²) in [6, 6.07) is 6.16. The number of fused-ring (bicyclic) bond motifs is 1. The number of nitrogen functional groups attached to an aromatic ring is 1. The van der Waals surface area contributed by atoms with E-state index < -0.39 is 12.8 Å². The van der Waals surface area contributed by atoms with Gasteiger partial charge in [0.1, 0.15) is 5.75 Å². The highest BCUT2D eigenvalue weighted by atomic mass is 19.4. The van der Waals surface area contributed by atoms with Gasteiger partial charge in [-0.15, -0.1) is 0 Å². The van der Waals surface area contributed by atoms with E-state index in [4.69, 9.17) is 5.73 Å². The van der Waals surface area contributed by atoms with Gasteiger partial charge in [-0.25, -0.2) is 0 Å². The van der Waals surface area contributed by atoms with Crippen LogP contribution in [0.5, 0.6) is 5.75 Å². The molecule has 0 saturated heterocycles. The third-order valence-corrected chi connectivity index (χ3v) is 2.34. The third kappa shape index (κ3) is 2.82. The Hall–Kier alpha value is -1.98. The second kappa shape index (κ2) is 4.36. The Kier molecular flexibility index (Phi) is 3.02. The molecule has 0 unspecified atom stereocenters. The van der Waals surface area contributed by atoms with Gasteiger partial charge in [-0.1, -0.05) is 0 Å². The molecule has 0 radical (unpaired) electrons. The van der Waals surface area contributed by atoms with Gasteiger partial charge in [0.05, 0.1) is 5.52 Å². The number of ether oxygens (including phenoxy) is 1.